The van der Waals surface area contributed by atoms with Gasteiger partial charge in [-0.1, -0.05) is 12.1 Å². The largest absolute Gasteiger partial charge is 0.507 e. The van der Waals surface area contributed by atoms with E-state index in [1.165, 1.54) is 36.4 Å². The van der Waals surface area contributed by atoms with Crippen molar-refractivity contribution in [1.29, 1.82) is 0 Å². The normalized spacial score (nSPS) is 12.2. The number of hydrogen-bond acceptors (Lipinski definition) is 19. The van der Waals surface area contributed by atoms with E-state index >= 15 is 0 Å². The number of hydrogen-bond donors (Lipinski definition) is 8. The van der Waals surface area contributed by atoms with Crippen molar-refractivity contribution >= 4 is 82.4 Å². The standard InChI is InChI=1S/C35H26N6O18S3.Cu/c42-28-9-3-19(15-23(28)35(49)50)36-37-24-5-1-17(13-21(24)33(45)46)18-2-6-25(22(14-18)34(47)48)38-40-27-8-10-29(43)31(32(27)44)41-39-26-7-4-20(16-30(26)61(53,54)55)60(51,52)12-11-59-62(56,57)58;/h1-10,13-16,42-44H,11-12H2,(H,45,46)(H,47,48)(H,49,50)(H,53,54,55)(H,56,57,58);. The predicted molar refractivity (Wildman–Crippen MR) is 209 cm³/mol. The minimum Gasteiger partial charge on any atom is -0.507 e. The molecule has 0 heterocycles. The number of carboxylic acid groups (broad SMARTS) is 3. The number of rotatable bonds is 16. The minimum atomic E-state index is -5.24. The summed E-state index contributed by atoms with van der Waals surface area (Å²) in [6.07, 6.45) is 0. The molecule has 0 aliphatic carbocycles. The van der Waals surface area contributed by atoms with Gasteiger partial charge in [0, 0.05) is 17.1 Å². The number of aromatic hydroxyl groups is 3. The van der Waals surface area contributed by atoms with Gasteiger partial charge in [0.1, 0.15) is 44.7 Å². The molecule has 24 nitrogen and oxygen atoms in total. The molecule has 63 heavy (non-hydrogen) atoms. The summed E-state index contributed by atoms with van der Waals surface area (Å²) in [7, 11) is -14.7. The van der Waals surface area contributed by atoms with Gasteiger partial charge in [0.2, 0.25) is 0 Å². The fraction of sp³-hybridized carbons (Fsp3) is 0.0571. The first-order valence-corrected chi connectivity index (χ1v) is 21.0. The molecule has 0 aromatic heterocycles. The summed E-state index contributed by atoms with van der Waals surface area (Å²) in [5.74, 6) is -7.65. The third-order valence-corrected chi connectivity index (χ3v) is 11.1. The zero-order valence-electron chi connectivity index (χ0n) is 30.9. The van der Waals surface area contributed by atoms with Crippen molar-refractivity contribution in [3.63, 3.8) is 0 Å². The summed E-state index contributed by atoms with van der Waals surface area (Å²) in [5, 5.41) is 82.6. The quantitative estimate of drug-likeness (QED) is 0.0291. The zero-order valence-corrected chi connectivity index (χ0v) is 34.3. The number of carboxylic acids is 3. The van der Waals surface area contributed by atoms with Gasteiger partial charge in [0.05, 0.1) is 34.1 Å². The molecule has 5 aromatic rings. The summed E-state index contributed by atoms with van der Waals surface area (Å²) in [4.78, 5) is 33.9. The molecule has 8 N–H and O–H groups in total. The number of benzene rings is 5. The number of phenolic OH excluding ortho intramolecular Hbond substituents is 2. The fourth-order valence-electron chi connectivity index (χ4n) is 5.11. The van der Waals surface area contributed by atoms with Crippen molar-refractivity contribution in [2.45, 2.75) is 9.79 Å². The molecule has 0 fully saturated rings. The Balaban J connectivity index is 0.00000871. The first-order chi connectivity index (χ1) is 28.9. The zero-order chi connectivity index (χ0) is 45.7. The fourth-order valence-corrected chi connectivity index (χ4v) is 7.34. The predicted octanol–water partition coefficient (Wildman–Crippen LogP) is 6.65. The van der Waals surface area contributed by atoms with Crippen LogP contribution in [-0.4, -0.2) is 95.3 Å². The molecule has 0 saturated heterocycles. The van der Waals surface area contributed by atoms with Crippen LogP contribution in [0.5, 0.6) is 17.2 Å². The van der Waals surface area contributed by atoms with Crippen molar-refractivity contribution in [2.75, 3.05) is 12.4 Å². The molecule has 0 spiro atoms. The van der Waals surface area contributed by atoms with Gasteiger partial charge < -0.3 is 30.6 Å². The van der Waals surface area contributed by atoms with E-state index in [1.54, 1.807) is 0 Å². The van der Waals surface area contributed by atoms with Gasteiger partial charge in [-0.25, -0.2) is 27.0 Å². The Labute approximate surface area is 364 Å². The van der Waals surface area contributed by atoms with Crippen molar-refractivity contribution in [3.05, 3.63) is 102 Å². The molecule has 0 aliphatic heterocycles. The summed E-state index contributed by atoms with van der Waals surface area (Å²) >= 11 is 0. The van der Waals surface area contributed by atoms with Crippen LogP contribution < -0.4 is 0 Å². The van der Waals surface area contributed by atoms with E-state index in [4.69, 9.17) is 4.55 Å². The van der Waals surface area contributed by atoms with Crippen LogP contribution in [0.1, 0.15) is 31.1 Å². The number of carbonyl (C=O) groups is 3. The van der Waals surface area contributed by atoms with Gasteiger partial charge in [0.15, 0.2) is 21.3 Å². The number of azo groups is 3. The molecule has 28 heteroatoms. The van der Waals surface area contributed by atoms with Crippen LogP contribution in [0.15, 0.2) is 125 Å². The third-order valence-electron chi connectivity index (χ3n) is 8.06. The summed E-state index contributed by atoms with van der Waals surface area (Å²) in [6.45, 7) is -1.05. The van der Waals surface area contributed by atoms with E-state index in [0.29, 0.717) is 6.07 Å². The van der Waals surface area contributed by atoms with Crippen LogP contribution in [0.25, 0.3) is 11.1 Å². The van der Waals surface area contributed by atoms with Crippen molar-refractivity contribution in [1.82, 2.24) is 0 Å². The minimum absolute atomic E-state index is 0. The van der Waals surface area contributed by atoms with Crippen LogP contribution in [0, 0.1) is 0 Å². The topological polar surface area (TPSA) is 399 Å². The smallest absolute Gasteiger partial charge is 0.397 e. The summed E-state index contributed by atoms with van der Waals surface area (Å²) in [5.41, 5.74) is -3.26. The Bertz CT molecular complexity index is 3110. The average molecular weight is 978 g/mol. The molecule has 5 aromatic carbocycles. The van der Waals surface area contributed by atoms with Crippen LogP contribution in [-0.2, 0) is 51.6 Å². The van der Waals surface area contributed by atoms with E-state index < -0.39 is 116 Å². The molecule has 0 atom stereocenters. The Morgan fingerprint density at radius 3 is 1.57 bits per heavy atom. The van der Waals surface area contributed by atoms with Crippen molar-refractivity contribution in [2.24, 2.45) is 30.7 Å². The second-order valence-electron chi connectivity index (χ2n) is 12.2. The van der Waals surface area contributed by atoms with Crippen molar-refractivity contribution < 1.29 is 101 Å². The average Bonchev–Trinajstić information content (AvgIpc) is 3.19. The number of aromatic carboxylic acids is 3. The van der Waals surface area contributed by atoms with Gasteiger partial charge in [-0.3, -0.25) is 9.11 Å². The molecule has 0 bridgehead atoms. The molecular formula is C35H26CuN6O18S3. The monoisotopic (exact) mass is 977 g/mol. The van der Waals surface area contributed by atoms with Gasteiger partial charge in [-0.15, -0.1) is 25.6 Å². The second kappa shape index (κ2) is 19.3. The van der Waals surface area contributed by atoms with Crippen LogP contribution in [0.3, 0.4) is 0 Å². The van der Waals surface area contributed by atoms with E-state index in [0.717, 1.165) is 42.5 Å². The van der Waals surface area contributed by atoms with Gasteiger partial charge in [-0.05, 0) is 83.9 Å². The molecule has 0 amide bonds. The van der Waals surface area contributed by atoms with Gasteiger partial charge in [-0.2, -0.15) is 21.9 Å². The molecule has 0 saturated carbocycles. The maximum atomic E-state index is 12.6. The SMILES string of the molecule is O=C(O)c1cc(N=Nc2ccc(-c3ccc(N=Nc4ccc(O)c(N=Nc5ccc(S(=O)(=O)CCOS(=O)(=O)O)cc5S(=O)(=O)O)c4O)c(C(=O)O)c3)cc2C(=O)O)ccc1O.[Cu]. The summed E-state index contributed by atoms with van der Waals surface area (Å²) in [6, 6.07) is 14.8. The van der Waals surface area contributed by atoms with E-state index in [-0.39, 0.29) is 50.8 Å². The van der Waals surface area contributed by atoms with Gasteiger partial charge in [0.25, 0.3) is 10.1 Å². The van der Waals surface area contributed by atoms with E-state index in [2.05, 4.69) is 34.9 Å². The number of nitrogens with zero attached hydrogens (tertiary/aromatic N) is 6. The Morgan fingerprint density at radius 1 is 0.540 bits per heavy atom. The van der Waals surface area contributed by atoms with E-state index in [9.17, 15) is 74.8 Å². The second-order valence-corrected chi connectivity index (χ2v) is 16.7. The molecule has 1 radical (unpaired) electrons. The summed E-state index contributed by atoms with van der Waals surface area (Å²) < 4.78 is 93.3. The first kappa shape index (κ1) is 48.6. The maximum absolute atomic E-state index is 12.6. The maximum Gasteiger partial charge on any atom is 0.397 e. The number of phenols is 3. The molecule has 0 unspecified atom stereocenters. The molecule has 0 aliphatic rings. The third kappa shape index (κ3) is 12.1. The van der Waals surface area contributed by atoms with Crippen molar-refractivity contribution in [3.8, 4) is 28.4 Å². The Morgan fingerprint density at radius 2 is 1.03 bits per heavy atom. The molecular weight excluding hydrogens is 952 g/mol. The van der Waals surface area contributed by atoms with Crippen LogP contribution in [0.2, 0.25) is 0 Å². The van der Waals surface area contributed by atoms with Gasteiger partial charge >= 0.3 is 28.3 Å². The van der Waals surface area contributed by atoms with Crippen LogP contribution >= 0.6 is 0 Å². The van der Waals surface area contributed by atoms with E-state index in [1.807, 2.05) is 0 Å². The number of sulfone groups is 1. The first-order valence-electron chi connectivity index (χ1n) is 16.5. The molecule has 333 valence electrons. The molecule has 5 rings (SSSR count). The van der Waals surface area contributed by atoms with Crippen LogP contribution in [0.4, 0.5) is 34.1 Å². The Hall–Kier alpha value is -7.04. The Kier molecular flexibility index (Phi) is 14.9.